The maximum atomic E-state index is 12.7. The molecule has 0 aromatic heterocycles. The van der Waals surface area contributed by atoms with E-state index in [0.29, 0.717) is 23.2 Å². The Balaban J connectivity index is 3.41. The number of carboxylic acids is 1. The summed E-state index contributed by atoms with van der Waals surface area (Å²) in [6.45, 7) is 10.0. The van der Waals surface area contributed by atoms with Gasteiger partial charge in [-0.3, -0.25) is 4.79 Å². The van der Waals surface area contributed by atoms with Crippen LogP contribution in [0.5, 0.6) is 0 Å². The molecule has 0 aliphatic heterocycles. The highest BCUT2D eigenvalue weighted by Gasteiger charge is 2.26. The maximum absolute atomic E-state index is 12.7. The first-order chi connectivity index (χ1) is 9.31. The molecule has 1 aromatic rings. The molecular formula is C16H23NO3. The van der Waals surface area contributed by atoms with Crippen LogP contribution < -0.4 is 0 Å². The standard InChI is InChI=1S/C16H23NO3/c1-6-9-17(10(2)3)15(18)13-11(4)7-8-12(5)14(13)16(19)20/h7-8,10H,6,9H2,1-5H3,(H,19,20). The number of aryl methyl sites for hydroxylation is 2. The van der Waals surface area contributed by atoms with E-state index < -0.39 is 5.97 Å². The van der Waals surface area contributed by atoms with Gasteiger partial charge in [0.15, 0.2) is 0 Å². The smallest absolute Gasteiger partial charge is 0.336 e. The van der Waals surface area contributed by atoms with Gasteiger partial charge in [-0.05, 0) is 45.2 Å². The number of carboxylic acid groups (broad SMARTS) is 1. The van der Waals surface area contributed by atoms with Gasteiger partial charge in [-0.2, -0.15) is 0 Å². The minimum absolute atomic E-state index is 0.0454. The molecule has 0 saturated carbocycles. The predicted molar refractivity (Wildman–Crippen MR) is 79.3 cm³/mol. The van der Waals surface area contributed by atoms with Crippen LogP contribution in [-0.2, 0) is 0 Å². The molecule has 0 aliphatic carbocycles. The van der Waals surface area contributed by atoms with Crippen molar-refractivity contribution < 1.29 is 14.7 Å². The Morgan fingerprint density at radius 2 is 1.65 bits per heavy atom. The van der Waals surface area contributed by atoms with Crippen molar-refractivity contribution in [2.45, 2.75) is 47.1 Å². The van der Waals surface area contributed by atoms with Gasteiger partial charge in [0, 0.05) is 12.6 Å². The van der Waals surface area contributed by atoms with Crippen molar-refractivity contribution in [3.05, 3.63) is 34.4 Å². The third-order valence-electron chi connectivity index (χ3n) is 3.40. The number of aromatic carboxylic acids is 1. The number of carbonyl (C=O) groups is 2. The van der Waals surface area contributed by atoms with Gasteiger partial charge in [0.05, 0.1) is 11.1 Å². The van der Waals surface area contributed by atoms with Crippen LogP contribution >= 0.6 is 0 Å². The van der Waals surface area contributed by atoms with Crippen molar-refractivity contribution in [3.8, 4) is 0 Å². The first-order valence-corrected chi connectivity index (χ1v) is 6.95. The SMILES string of the molecule is CCCN(C(=O)c1c(C)ccc(C)c1C(=O)O)C(C)C. The molecule has 110 valence electrons. The van der Waals surface area contributed by atoms with Crippen molar-refractivity contribution in [2.75, 3.05) is 6.54 Å². The van der Waals surface area contributed by atoms with Crippen LogP contribution in [0.2, 0.25) is 0 Å². The van der Waals surface area contributed by atoms with E-state index in [-0.39, 0.29) is 17.5 Å². The molecular weight excluding hydrogens is 254 g/mol. The average molecular weight is 277 g/mol. The quantitative estimate of drug-likeness (QED) is 0.898. The van der Waals surface area contributed by atoms with Gasteiger partial charge in [0.1, 0.15) is 0 Å². The average Bonchev–Trinajstić information content (AvgIpc) is 2.36. The number of carbonyl (C=O) groups excluding carboxylic acids is 1. The molecule has 0 bridgehead atoms. The van der Waals surface area contributed by atoms with E-state index in [0.717, 1.165) is 6.42 Å². The van der Waals surface area contributed by atoms with Crippen molar-refractivity contribution in [1.82, 2.24) is 4.90 Å². The second-order valence-electron chi connectivity index (χ2n) is 5.35. The van der Waals surface area contributed by atoms with Crippen molar-refractivity contribution >= 4 is 11.9 Å². The summed E-state index contributed by atoms with van der Waals surface area (Å²) in [5.41, 5.74) is 1.77. The fourth-order valence-electron chi connectivity index (χ4n) is 2.34. The maximum Gasteiger partial charge on any atom is 0.336 e. The number of hydrogen-bond acceptors (Lipinski definition) is 2. The summed E-state index contributed by atoms with van der Waals surface area (Å²) >= 11 is 0. The number of benzene rings is 1. The zero-order valence-corrected chi connectivity index (χ0v) is 12.9. The third kappa shape index (κ3) is 3.18. The Hall–Kier alpha value is -1.84. The molecule has 0 spiro atoms. The van der Waals surface area contributed by atoms with E-state index >= 15 is 0 Å². The first-order valence-electron chi connectivity index (χ1n) is 6.95. The Morgan fingerprint density at radius 3 is 2.05 bits per heavy atom. The molecule has 0 aliphatic rings. The molecule has 4 heteroatoms. The van der Waals surface area contributed by atoms with Crippen molar-refractivity contribution in [1.29, 1.82) is 0 Å². The first kappa shape index (κ1) is 16.2. The van der Waals surface area contributed by atoms with Gasteiger partial charge in [0.25, 0.3) is 5.91 Å². The summed E-state index contributed by atoms with van der Waals surface area (Å²) in [6.07, 6.45) is 0.844. The van der Waals surface area contributed by atoms with Gasteiger partial charge in [-0.15, -0.1) is 0 Å². The molecule has 0 atom stereocenters. The van der Waals surface area contributed by atoms with Gasteiger partial charge in [-0.1, -0.05) is 19.1 Å². The summed E-state index contributed by atoms with van der Waals surface area (Å²) in [4.78, 5) is 25.9. The van der Waals surface area contributed by atoms with Crippen LogP contribution in [0.4, 0.5) is 0 Å². The molecule has 0 radical (unpaired) electrons. The second kappa shape index (κ2) is 6.55. The number of amides is 1. The fourth-order valence-corrected chi connectivity index (χ4v) is 2.34. The summed E-state index contributed by atoms with van der Waals surface area (Å²) in [5.74, 6) is -1.24. The summed E-state index contributed by atoms with van der Waals surface area (Å²) in [7, 11) is 0. The van der Waals surface area contributed by atoms with Crippen molar-refractivity contribution in [2.24, 2.45) is 0 Å². The minimum Gasteiger partial charge on any atom is -0.478 e. The molecule has 1 amide bonds. The topological polar surface area (TPSA) is 57.6 Å². The van der Waals surface area contributed by atoms with Crippen LogP contribution in [0, 0.1) is 13.8 Å². The zero-order valence-electron chi connectivity index (χ0n) is 12.9. The molecule has 1 aromatic carbocycles. The lowest BCUT2D eigenvalue weighted by molar-refractivity contribution is 0.0656. The Labute approximate surface area is 120 Å². The van der Waals surface area contributed by atoms with Gasteiger partial charge < -0.3 is 10.0 Å². The van der Waals surface area contributed by atoms with Gasteiger partial charge in [0.2, 0.25) is 0 Å². The zero-order chi connectivity index (χ0) is 15.4. The molecule has 4 nitrogen and oxygen atoms in total. The molecule has 1 N–H and O–H groups in total. The Kier molecular flexibility index (Phi) is 5.31. The molecule has 20 heavy (non-hydrogen) atoms. The van der Waals surface area contributed by atoms with Gasteiger partial charge in [-0.25, -0.2) is 4.79 Å². The monoisotopic (exact) mass is 277 g/mol. The minimum atomic E-state index is -1.05. The second-order valence-corrected chi connectivity index (χ2v) is 5.35. The third-order valence-corrected chi connectivity index (χ3v) is 3.40. The molecule has 0 saturated heterocycles. The predicted octanol–water partition coefficient (Wildman–Crippen LogP) is 3.26. The van der Waals surface area contributed by atoms with Crippen LogP contribution in [-0.4, -0.2) is 34.5 Å². The fraction of sp³-hybridized carbons (Fsp3) is 0.500. The molecule has 0 unspecified atom stereocenters. The highest BCUT2D eigenvalue weighted by Crippen LogP contribution is 2.22. The largest absolute Gasteiger partial charge is 0.478 e. The van der Waals surface area contributed by atoms with Crippen LogP contribution in [0.3, 0.4) is 0 Å². The van der Waals surface area contributed by atoms with Gasteiger partial charge >= 0.3 is 5.97 Å². The summed E-state index contributed by atoms with van der Waals surface area (Å²) in [6, 6.07) is 3.60. The lowest BCUT2D eigenvalue weighted by atomic mass is 9.95. The van der Waals surface area contributed by atoms with Crippen LogP contribution in [0.1, 0.15) is 59.0 Å². The van der Waals surface area contributed by atoms with E-state index in [2.05, 4.69) is 0 Å². The summed E-state index contributed by atoms with van der Waals surface area (Å²) < 4.78 is 0. The Morgan fingerprint density at radius 1 is 1.15 bits per heavy atom. The van der Waals surface area contributed by atoms with Crippen molar-refractivity contribution in [3.63, 3.8) is 0 Å². The van der Waals surface area contributed by atoms with Crippen LogP contribution in [0.15, 0.2) is 12.1 Å². The molecule has 1 rings (SSSR count). The highest BCUT2D eigenvalue weighted by atomic mass is 16.4. The number of hydrogen-bond donors (Lipinski definition) is 1. The number of rotatable bonds is 5. The Bertz CT molecular complexity index is 521. The summed E-state index contributed by atoms with van der Waals surface area (Å²) in [5, 5.41) is 9.40. The van der Waals surface area contributed by atoms with E-state index in [1.54, 1.807) is 30.9 Å². The molecule has 0 heterocycles. The lowest BCUT2D eigenvalue weighted by Gasteiger charge is -2.28. The highest BCUT2D eigenvalue weighted by molar-refractivity contribution is 6.06. The lowest BCUT2D eigenvalue weighted by Crippen LogP contribution is -2.38. The van der Waals surface area contributed by atoms with Crippen LogP contribution in [0.25, 0.3) is 0 Å². The molecule has 0 fully saturated rings. The van der Waals surface area contributed by atoms with E-state index in [1.807, 2.05) is 20.8 Å². The van der Waals surface area contributed by atoms with E-state index in [1.165, 1.54) is 0 Å². The van der Waals surface area contributed by atoms with E-state index in [4.69, 9.17) is 0 Å². The van der Waals surface area contributed by atoms with E-state index in [9.17, 15) is 14.7 Å². The normalized spacial score (nSPS) is 10.7. The number of nitrogens with zero attached hydrogens (tertiary/aromatic N) is 1.